The summed E-state index contributed by atoms with van der Waals surface area (Å²) in [5, 5.41) is 3.46. The molecule has 1 saturated heterocycles. The molecule has 3 aromatic rings. The summed E-state index contributed by atoms with van der Waals surface area (Å²) in [5.41, 5.74) is 2.31. The maximum absolute atomic E-state index is 15.5. The second-order valence-electron chi connectivity index (χ2n) is 9.23. The Morgan fingerprint density at radius 1 is 0.816 bits per heavy atom. The molecule has 1 fully saturated rings. The highest BCUT2D eigenvalue weighted by molar-refractivity contribution is 6.31. The van der Waals surface area contributed by atoms with Gasteiger partial charge in [-0.25, -0.2) is 4.39 Å². The number of halogens is 5. The summed E-state index contributed by atoms with van der Waals surface area (Å²) < 4.78 is 68.1. The van der Waals surface area contributed by atoms with Crippen LogP contribution in [-0.2, 0) is 10.9 Å². The van der Waals surface area contributed by atoms with Crippen molar-refractivity contribution in [3.8, 4) is 16.9 Å². The van der Waals surface area contributed by atoms with Crippen LogP contribution in [0.5, 0.6) is 5.75 Å². The molecule has 10 heteroatoms. The molecule has 0 spiro atoms. The molecule has 0 N–H and O–H groups in total. The predicted octanol–water partition coefficient (Wildman–Crippen LogP) is 6.47. The summed E-state index contributed by atoms with van der Waals surface area (Å²) in [7, 11) is 0. The van der Waals surface area contributed by atoms with Crippen molar-refractivity contribution in [2.45, 2.75) is 6.18 Å². The second-order valence-corrected chi connectivity index (χ2v) is 9.64. The van der Waals surface area contributed by atoms with Gasteiger partial charge >= 0.3 is 6.18 Å². The Kier molecular flexibility index (Phi) is 6.36. The van der Waals surface area contributed by atoms with Crippen molar-refractivity contribution in [3.05, 3.63) is 82.6 Å². The van der Waals surface area contributed by atoms with Crippen LogP contribution in [0.1, 0.15) is 11.1 Å². The first-order chi connectivity index (χ1) is 18.3. The third-order valence-electron chi connectivity index (χ3n) is 7.02. The molecule has 3 aromatic carbocycles. The van der Waals surface area contributed by atoms with E-state index in [2.05, 4.69) is 11.0 Å². The Hall–Kier alpha value is -3.43. The van der Waals surface area contributed by atoms with Crippen molar-refractivity contribution in [1.82, 2.24) is 4.90 Å². The molecule has 0 aromatic heterocycles. The number of hydrogen-bond acceptors (Lipinski definition) is 5. The van der Waals surface area contributed by atoms with E-state index in [0.29, 0.717) is 69.1 Å². The highest BCUT2D eigenvalue weighted by atomic mass is 35.5. The van der Waals surface area contributed by atoms with Gasteiger partial charge < -0.3 is 14.4 Å². The van der Waals surface area contributed by atoms with Gasteiger partial charge in [-0.1, -0.05) is 41.9 Å². The Morgan fingerprint density at radius 2 is 1.58 bits per heavy atom. The zero-order valence-electron chi connectivity index (χ0n) is 20.3. The summed E-state index contributed by atoms with van der Waals surface area (Å²) in [6, 6.07) is 14.4. The van der Waals surface area contributed by atoms with Gasteiger partial charge in [0.15, 0.2) is 0 Å². The zero-order valence-corrected chi connectivity index (χ0v) is 21.0. The van der Waals surface area contributed by atoms with Crippen LogP contribution in [0.4, 0.5) is 28.9 Å². The number of hydrogen-bond donors (Lipinski definition) is 0. The minimum Gasteiger partial charge on any atom is -0.489 e. The summed E-state index contributed by atoms with van der Waals surface area (Å²) in [4.78, 5) is 2.20. The van der Waals surface area contributed by atoms with Crippen LogP contribution in [0.15, 0.2) is 60.7 Å². The third-order valence-corrected chi connectivity index (χ3v) is 7.30. The number of alkyl halides is 3. The number of anilines is 2. The van der Waals surface area contributed by atoms with Gasteiger partial charge in [0.05, 0.1) is 48.3 Å². The van der Waals surface area contributed by atoms with Crippen molar-refractivity contribution >= 4 is 28.7 Å². The lowest BCUT2D eigenvalue weighted by Crippen LogP contribution is -2.49. The topological polar surface area (TPSA) is 28.2 Å². The van der Waals surface area contributed by atoms with Gasteiger partial charge in [-0.2, -0.15) is 13.2 Å². The van der Waals surface area contributed by atoms with Gasteiger partial charge in [-0.3, -0.25) is 10.0 Å². The normalized spacial score (nSPS) is 17.5. The summed E-state index contributed by atoms with van der Waals surface area (Å²) in [5.74, 6) is -0.188. The van der Waals surface area contributed by atoms with Gasteiger partial charge in [-0.05, 0) is 30.3 Å². The Bertz CT molecular complexity index is 1410. The molecule has 0 unspecified atom stereocenters. The molecule has 5 nitrogen and oxygen atoms in total. The smallest absolute Gasteiger partial charge is 0.416 e. The maximum atomic E-state index is 15.5. The van der Waals surface area contributed by atoms with E-state index < -0.39 is 22.6 Å². The van der Waals surface area contributed by atoms with Gasteiger partial charge in [0.2, 0.25) is 0 Å². The number of rotatable bonds is 3. The number of hydrazine groups is 1. The molecule has 38 heavy (non-hydrogen) atoms. The summed E-state index contributed by atoms with van der Waals surface area (Å²) in [6.07, 6.45) is -2.58. The molecule has 0 atom stereocenters. The molecule has 3 heterocycles. The number of nitrogens with zero attached hydrogens (tertiary/aromatic N) is 3. The lowest BCUT2D eigenvalue weighted by Gasteiger charge is -2.45. The quantitative estimate of drug-likeness (QED) is 0.352. The molecule has 3 aliphatic heterocycles. The average Bonchev–Trinajstić information content (AvgIpc) is 2.93. The van der Waals surface area contributed by atoms with Crippen molar-refractivity contribution in [1.29, 1.82) is 0 Å². The molecule has 0 saturated carbocycles. The monoisotopic (exact) mass is 545 g/mol. The van der Waals surface area contributed by atoms with Crippen molar-refractivity contribution in [2.24, 2.45) is 0 Å². The Labute approximate surface area is 222 Å². The van der Waals surface area contributed by atoms with Crippen LogP contribution in [0.25, 0.3) is 16.8 Å². The minimum atomic E-state index is -4.68. The maximum Gasteiger partial charge on any atom is 0.416 e. The van der Waals surface area contributed by atoms with Gasteiger partial charge in [0, 0.05) is 35.5 Å². The molecule has 0 radical (unpaired) electrons. The Balaban J connectivity index is 1.56. The van der Waals surface area contributed by atoms with E-state index >= 15 is 4.39 Å². The fourth-order valence-corrected chi connectivity index (χ4v) is 5.52. The van der Waals surface area contributed by atoms with E-state index in [0.717, 1.165) is 23.0 Å². The highest BCUT2D eigenvalue weighted by Gasteiger charge is 2.35. The minimum absolute atomic E-state index is 0.198. The van der Waals surface area contributed by atoms with Crippen LogP contribution in [0.3, 0.4) is 0 Å². The van der Waals surface area contributed by atoms with Gasteiger partial charge in [0.1, 0.15) is 18.2 Å². The first-order valence-corrected chi connectivity index (χ1v) is 12.7. The van der Waals surface area contributed by atoms with E-state index in [4.69, 9.17) is 21.1 Å². The van der Waals surface area contributed by atoms with Gasteiger partial charge in [0.25, 0.3) is 0 Å². The second kappa shape index (κ2) is 9.71. The first kappa shape index (κ1) is 24.9. The van der Waals surface area contributed by atoms with E-state index in [1.165, 1.54) is 0 Å². The number of fused-ring (bicyclic) bond motifs is 2. The number of benzene rings is 3. The van der Waals surface area contributed by atoms with E-state index in [1.807, 2.05) is 40.3 Å². The zero-order chi connectivity index (χ0) is 26.4. The summed E-state index contributed by atoms with van der Waals surface area (Å²) in [6.45, 7) is 3.88. The van der Waals surface area contributed by atoms with Gasteiger partial charge in [-0.15, -0.1) is 0 Å². The fraction of sp³-hybridized carbons (Fsp3) is 0.286. The van der Waals surface area contributed by atoms with Crippen molar-refractivity contribution < 1.29 is 27.0 Å². The number of ether oxygens (including phenoxy) is 2. The lowest BCUT2D eigenvalue weighted by molar-refractivity contribution is -0.137. The third kappa shape index (κ3) is 4.33. The van der Waals surface area contributed by atoms with Crippen LogP contribution in [0, 0.1) is 5.82 Å². The van der Waals surface area contributed by atoms with E-state index in [-0.39, 0.29) is 5.56 Å². The molecule has 198 valence electrons. The van der Waals surface area contributed by atoms with E-state index in [1.54, 1.807) is 12.1 Å². The largest absolute Gasteiger partial charge is 0.489 e. The SMILES string of the molecule is Fc1c(Cl)cc(C(F)(F)F)cc1-c1cccc2c1N(N1CCOc3ccccc31)CC=C2N1CCOCC1. The number of para-hydroxylation sites is 3. The van der Waals surface area contributed by atoms with Crippen LogP contribution in [-0.4, -0.2) is 50.9 Å². The first-order valence-electron chi connectivity index (χ1n) is 12.3. The van der Waals surface area contributed by atoms with E-state index in [9.17, 15) is 13.2 Å². The molecule has 0 amide bonds. The average molecular weight is 546 g/mol. The standard InChI is InChI=1S/C28H24ClF4N3O2/c29-22-17-18(28(31,32)33)16-21(26(22)30)19-4-3-5-20-23(34-10-13-37-14-11-34)8-9-36(27(19)20)35-12-15-38-25-7-2-1-6-24(25)35/h1-8,16-17H,9-15H2. The summed E-state index contributed by atoms with van der Waals surface area (Å²) >= 11 is 6.01. The van der Waals surface area contributed by atoms with Crippen LogP contribution >= 0.6 is 11.6 Å². The molecule has 3 aliphatic rings. The molecular formula is C28H24ClF4N3O2. The van der Waals surface area contributed by atoms with Crippen LogP contribution in [0.2, 0.25) is 5.02 Å². The Morgan fingerprint density at radius 3 is 2.37 bits per heavy atom. The molecule has 6 rings (SSSR count). The van der Waals surface area contributed by atoms with Crippen LogP contribution < -0.4 is 14.8 Å². The lowest BCUT2D eigenvalue weighted by atomic mass is 9.93. The van der Waals surface area contributed by atoms with Crippen molar-refractivity contribution in [3.63, 3.8) is 0 Å². The molecule has 0 aliphatic carbocycles. The predicted molar refractivity (Wildman–Crippen MR) is 139 cm³/mol. The fourth-order valence-electron chi connectivity index (χ4n) is 5.30. The van der Waals surface area contributed by atoms with Crippen molar-refractivity contribution in [2.75, 3.05) is 56.0 Å². The molecular weight excluding hydrogens is 522 g/mol. The molecule has 0 bridgehead atoms. The highest BCUT2D eigenvalue weighted by Crippen LogP contribution is 2.46. The number of morpholine rings is 1.